The van der Waals surface area contributed by atoms with Crippen LogP contribution in [-0.2, 0) is 28.6 Å². The fourth-order valence-corrected chi connectivity index (χ4v) is 2.44. The van der Waals surface area contributed by atoms with Crippen molar-refractivity contribution in [3.63, 3.8) is 0 Å². The highest BCUT2D eigenvalue weighted by Gasteiger charge is 2.40. The Morgan fingerprint density at radius 1 is 1.00 bits per heavy atom. The summed E-state index contributed by atoms with van der Waals surface area (Å²) in [5.74, 6) is -1.91. The fourth-order valence-electron chi connectivity index (χ4n) is 1.63. The van der Waals surface area contributed by atoms with Gasteiger partial charge in [0.05, 0.1) is 16.8 Å². The maximum Gasteiger partial charge on any atom is 0.370 e. The van der Waals surface area contributed by atoms with Crippen molar-refractivity contribution >= 4 is 34.9 Å². The molecular weight excluding hydrogens is 350 g/mol. The summed E-state index contributed by atoms with van der Waals surface area (Å²) in [7, 11) is 0. The van der Waals surface area contributed by atoms with Crippen LogP contribution in [0.1, 0.15) is 48.5 Å². The number of hydrogen-bond acceptors (Lipinski definition) is 8. The van der Waals surface area contributed by atoms with Crippen LogP contribution in [0.2, 0.25) is 0 Å². The lowest BCUT2D eigenvalue weighted by atomic mass is 10.0. The first-order valence-electron chi connectivity index (χ1n) is 7.86. The second-order valence-electron chi connectivity index (χ2n) is 6.45. The van der Waals surface area contributed by atoms with Gasteiger partial charge in [-0.1, -0.05) is 13.8 Å². The average molecular weight is 377 g/mol. The van der Waals surface area contributed by atoms with Crippen molar-refractivity contribution in [2.24, 2.45) is 5.92 Å². The molecule has 1 atom stereocenters. The highest BCUT2D eigenvalue weighted by molar-refractivity contribution is 8.14. The van der Waals surface area contributed by atoms with Gasteiger partial charge in [-0.05, 0) is 39.5 Å². The average Bonchev–Trinajstić information content (AvgIpc) is 2.42. The van der Waals surface area contributed by atoms with Crippen molar-refractivity contribution < 1.29 is 33.4 Å². The lowest BCUT2D eigenvalue weighted by molar-refractivity contribution is -0.155. The highest BCUT2D eigenvalue weighted by atomic mass is 32.2. The topological polar surface area (TPSA) is 108 Å². The SMILES string of the molecule is CC(=O)N[C@@H](C(=O)OC(C)C)C(C)(C)SC(=O)OCOC(=O)C(C)C. The van der Waals surface area contributed by atoms with Crippen LogP contribution in [0.5, 0.6) is 0 Å². The summed E-state index contributed by atoms with van der Waals surface area (Å²) in [4.78, 5) is 46.8. The number of nitrogens with one attached hydrogen (secondary N) is 1. The second kappa shape index (κ2) is 10.3. The van der Waals surface area contributed by atoms with Crippen molar-refractivity contribution in [2.75, 3.05) is 6.79 Å². The number of esters is 2. The predicted octanol–water partition coefficient (Wildman–Crippen LogP) is 2.25. The number of carbonyl (C=O) groups excluding carboxylic acids is 4. The monoisotopic (exact) mass is 377 g/mol. The molecule has 1 amide bonds. The maximum absolute atomic E-state index is 12.2. The van der Waals surface area contributed by atoms with Gasteiger partial charge in [0.25, 0.3) is 0 Å². The van der Waals surface area contributed by atoms with Crippen LogP contribution in [0.15, 0.2) is 0 Å². The van der Waals surface area contributed by atoms with E-state index in [1.807, 2.05) is 0 Å². The molecule has 0 saturated carbocycles. The molecule has 0 aliphatic rings. The molecule has 0 saturated heterocycles. The predicted molar refractivity (Wildman–Crippen MR) is 92.8 cm³/mol. The number of carbonyl (C=O) groups is 4. The molecule has 0 aliphatic heterocycles. The zero-order valence-electron chi connectivity index (χ0n) is 15.7. The highest BCUT2D eigenvalue weighted by Crippen LogP contribution is 2.31. The molecule has 0 aliphatic carbocycles. The molecular formula is C16H27NO7S. The van der Waals surface area contributed by atoms with Crippen molar-refractivity contribution in [2.45, 2.75) is 65.4 Å². The summed E-state index contributed by atoms with van der Waals surface area (Å²) in [5, 5.41) is 1.75. The van der Waals surface area contributed by atoms with Gasteiger partial charge in [0, 0.05) is 6.92 Å². The van der Waals surface area contributed by atoms with Gasteiger partial charge >= 0.3 is 17.2 Å². The maximum atomic E-state index is 12.2. The molecule has 0 rings (SSSR count). The third-order valence-electron chi connectivity index (χ3n) is 2.83. The van der Waals surface area contributed by atoms with Crippen LogP contribution in [0.3, 0.4) is 0 Å². The molecule has 8 nitrogen and oxygen atoms in total. The van der Waals surface area contributed by atoms with E-state index in [0.29, 0.717) is 11.8 Å². The minimum atomic E-state index is -1.05. The van der Waals surface area contributed by atoms with E-state index < -0.39 is 40.7 Å². The van der Waals surface area contributed by atoms with Gasteiger partial charge in [-0.25, -0.2) is 9.59 Å². The number of ether oxygens (including phenoxy) is 3. The van der Waals surface area contributed by atoms with Gasteiger partial charge in [-0.3, -0.25) is 9.59 Å². The smallest absolute Gasteiger partial charge is 0.370 e. The fraction of sp³-hybridized carbons (Fsp3) is 0.750. The Balaban J connectivity index is 4.83. The van der Waals surface area contributed by atoms with Gasteiger partial charge in [0.1, 0.15) is 6.04 Å². The third kappa shape index (κ3) is 9.33. The van der Waals surface area contributed by atoms with Crippen LogP contribution < -0.4 is 5.32 Å². The van der Waals surface area contributed by atoms with Gasteiger partial charge in [-0.2, -0.15) is 0 Å². The van der Waals surface area contributed by atoms with Crippen molar-refractivity contribution in [1.29, 1.82) is 0 Å². The summed E-state index contributed by atoms with van der Waals surface area (Å²) in [6, 6.07) is -1.05. The van der Waals surface area contributed by atoms with Gasteiger partial charge in [0.15, 0.2) is 0 Å². The molecule has 0 radical (unpaired) electrons. The summed E-state index contributed by atoms with van der Waals surface area (Å²) < 4.78 is 13.7. The Kier molecular flexibility index (Phi) is 9.55. The van der Waals surface area contributed by atoms with Crippen LogP contribution in [0.4, 0.5) is 4.79 Å². The lowest BCUT2D eigenvalue weighted by Gasteiger charge is -2.31. The normalized spacial score (nSPS) is 12.5. The zero-order valence-corrected chi connectivity index (χ0v) is 16.5. The van der Waals surface area contributed by atoms with E-state index in [9.17, 15) is 19.2 Å². The van der Waals surface area contributed by atoms with Gasteiger partial charge in [-0.15, -0.1) is 0 Å². The summed E-state index contributed by atoms with van der Waals surface area (Å²) in [6.07, 6.45) is -0.369. The minimum Gasteiger partial charge on any atom is -0.461 e. The quantitative estimate of drug-likeness (QED) is 0.507. The number of thioether (sulfide) groups is 1. The van der Waals surface area contributed by atoms with Crippen molar-refractivity contribution in [1.82, 2.24) is 5.32 Å². The largest absolute Gasteiger partial charge is 0.461 e. The van der Waals surface area contributed by atoms with Crippen LogP contribution in [-0.4, -0.2) is 46.8 Å². The lowest BCUT2D eigenvalue weighted by Crippen LogP contribution is -2.53. The summed E-state index contributed by atoms with van der Waals surface area (Å²) in [6.45, 7) is 10.6. The van der Waals surface area contributed by atoms with Crippen molar-refractivity contribution in [3.05, 3.63) is 0 Å². The molecule has 0 spiro atoms. The molecule has 1 N–H and O–H groups in total. The Labute approximate surface area is 152 Å². The van der Waals surface area contributed by atoms with E-state index in [1.165, 1.54) is 6.92 Å². The van der Waals surface area contributed by atoms with E-state index in [4.69, 9.17) is 14.2 Å². The third-order valence-corrected chi connectivity index (χ3v) is 3.87. The van der Waals surface area contributed by atoms with Crippen LogP contribution in [0.25, 0.3) is 0 Å². The first-order valence-corrected chi connectivity index (χ1v) is 8.68. The number of rotatable bonds is 8. The minimum absolute atomic E-state index is 0.335. The molecule has 9 heteroatoms. The number of hydrogen-bond donors (Lipinski definition) is 1. The Morgan fingerprint density at radius 3 is 2.00 bits per heavy atom. The molecule has 0 aromatic rings. The van der Waals surface area contributed by atoms with E-state index in [2.05, 4.69) is 5.32 Å². The molecule has 144 valence electrons. The Hall–Kier alpha value is -1.77. The zero-order chi connectivity index (χ0) is 19.8. The molecule has 25 heavy (non-hydrogen) atoms. The molecule has 0 unspecified atom stereocenters. The summed E-state index contributed by atoms with van der Waals surface area (Å²) in [5.41, 5.74) is 0. The van der Waals surface area contributed by atoms with Crippen LogP contribution in [0, 0.1) is 5.92 Å². The molecule has 0 aromatic heterocycles. The van der Waals surface area contributed by atoms with Gasteiger partial charge in [0.2, 0.25) is 12.7 Å². The van der Waals surface area contributed by atoms with Crippen molar-refractivity contribution in [3.8, 4) is 0 Å². The molecule has 0 aromatic carbocycles. The van der Waals surface area contributed by atoms with Crippen LogP contribution >= 0.6 is 11.8 Å². The van der Waals surface area contributed by atoms with Gasteiger partial charge < -0.3 is 19.5 Å². The molecule has 0 bridgehead atoms. The standard InChI is InChI=1S/C16H27NO7S/c1-9(2)13(19)22-8-23-15(21)25-16(6,7)12(17-11(5)18)14(20)24-10(3)4/h9-10,12H,8H2,1-7H3,(H,17,18)/t12-/m0/s1. The summed E-state index contributed by atoms with van der Waals surface area (Å²) >= 11 is 0.699. The Bertz CT molecular complexity index is 503. The molecule has 0 heterocycles. The number of amides is 1. The van der Waals surface area contributed by atoms with E-state index in [0.717, 1.165) is 0 Å². The first kappa shape index (κ1) is 23.2. The molecule has 0 fully saturated rings. The Morgan fingerprint density at radius 2 is 1.56 bits per heavy atom. The van der Waals surface area contributed by atoms with E-state index in [-0.39, 0.29) is 12.0 Å². The van der Waals surface area contributed by atoms with E-state index >= 15 is 0 Å². The first-order chi connectivity index (χ1) is 11.4. The second-order valence-corrected chi connectivity index (χ2v) is 8.04. The van der Waals surface area contributed by atoms with E-state index in [1.54, 1.807) is 41.5 Å².